The second-order valence-electron chi connectivity index (χ2n) is 8.82. The highest BCUT2D eigenvalue weighted by atomic mass is 35.5. The van der Waals surface area contributed by atoms with Gasteiger partial charge in [-0.3, -0.25) is 4.48 Å². The van der Waals surface area contributed by atoms with E-state index in [4.69, 9.17) is 25.8 Å². The molecule has 3 aromatic carbocycles. The lowest BCUT2D eigenvalue weighted by molar-refractivity contribution is -0.915. The Hall–Kier alpha value is -3.02. The van der Waals surface area contributed by atoms with Crippen molar-refractivity contribution in [1.29, 1.82) is 0 Å². The number of likely N-dealkylation sites (N-methyl/N-ethyl adjacent to an activating group) is 1. The zero-order chi connectivity index (χ0) is 22.1. The van der Waals surface area contributed by atoms with Crippen LogP contribution in [-0.4, -0.2) is 37.5 Å². The first kappa shape index (κ1) is 20.9. The zero-order valence-electron chi connectivity index (χ0n) is 17.9. The maximum atomic E-state index is 12.2. The van der Waals surface area contributed by atoms with E-state index in [1.807, 2.05) is 66.7 Å². The Morgan fingerprint density at radius 1 is 0.938 bits per heavy atom. The number of quaternary nitrogens is 1. The van der Waals surface area contributed by atoms with E-state index < -0.39 is 6.16 Å². The summed E-state index contributed by atoms with van der Waals surface area (Å²) < 4.78 is 17.7. The lowest BCUT2D eigenvalue weighted by Gasteiger charge is -2.29. The second kappa shape index (κ2) is 8.49. The van der Waals surface area contributed by atoms with Crippen molar-refractivity contribution in [1.82, 2.24) is 0 Å². The molecular weight excluding hydrogens is 426 g/mol. The highest BCUT2D eigenvalue weighted by Crippen LogP contribution is 2.51. The summed E-state index contributed by atoms with van der Waals surface area (Å²) in [6.45, 7) is 2.08. The minimum atomic E-state index is -0.646. The monoisotopic (exact) mass is 450 g/mol. The van der Waals surface area contributed by atoms with Gasteiger partial charge in [0.1, 0.15) is 18.1 Å². The minimum Gasteiger partial charge on any atom is -0.457 e. The number of likely N-dealkylation sites (tertiary alicyclic amines) is 1. The molecule has 3 aromatic rings. The van der Waals surface area contributed by atoms with Crippen molar-refractivity contribution in [2.45, 2.75) is 18.4 Å². The SMILES string of the molecule is C[N+]1(COC(=O)OCc2ccccc2)CC2c3ccccc3Oc3ccc(Cl)cc3C2C1. The standard InChI is InChI=1S/C26H25ClNO4/c1-28(17-31-26(29)30-16-18-7-3-2-4-8-18)14-22-20-9-5-6-10-24(20)32-25-12-11-19(27)13-21(25)23(22)15-28/h2-13,22-23H,14-17H2,1H3/q+1. The van der Waals surface area contributed by atoms with Gasteiger partial charge in [-0.2, -0.15) is 0 Å². The van der Waals surface area contributed by atoms with Gasteiger partial charge in [-0.05, 0) is 29.8 Å². The first-order chi connectivity index (χ1) is 15.5. The molecule has 2 aliphatic rings. The van der Waals surface area contributed by atoms with Crippen LogP contribution in [0.3, 0.4) is 0 Å². The minimum absolute atomic E-state index is 0.200. The summed E-state index contributed by atoms with van der Waals surface area (Å²) in [6, 6.07) is 23.6. The molecule has 5 nitrogen and oxygen atoms in total. The topological polar surface area (TPSA) is 44.8 Å². The fraction of sp³-hybridized carbons (Fsp3) is 0.269. The van der Waals surface area contributed by atoms with Crippen LogP contribution in [0.15, 0.2) is 72.8 Å². The van der Waals surface area contributed by atoms with Gasteiger partial charge in [-0.25, -0.2) is 4.79 Å². The van der Waals surface area contributed by atoms with Gasteiger partial charge in [-0.1, -0.05) is 60.1 Å². The number of benzene rings is 3. The molecule has 0 radical (unpaired) electrons. The maximum absolute atomic E-state index is 12.2. The summed E-state index contributed by atoms with van der Waals surface area (Å²) in [5, 5.41) is 0.693. The Bertz CT molecular complexity index is 1140. The smallest absolute Gasteiger partial charge is 0.457 e. The second-order valence-corrected chi connectivity index (χ2v) is 9.25. The number of para-hydroxylation sites is 1. The highest BCUT2D eigenvalue weighted by Gasteiger charge is 2.48. The average molecular weight is 451 g/mol. The van der Waals surface area contributed by atoms with Crippen LogP contribution >= 0.6 is 11.6 Å². The summed E-state index contributed by atoms with van der Waals surface area (Å²) in [4.78, 5) is 12.2. The molecule has 5 rings (SSSR count). The predicted molar refractivity (Wildman–Crippen MR) is 122 cm³/mol. The van der Waals surface area contributed by atoms with Crippen LogP contribution in [0.25, 0.3) is 0 Å². The molecule has 1 saturated heterocycles. The molecule has 2 heterocycles. The number of hydrogen-bond acceptors (Lipinski definition) is 4. The number of carbonyl (C=O) groups is 1. The molecule has 3 atom stereocenters. The molecule has 0 aliphatic carbocycles. The molecule has 0 bridgehead atoms. The Kier molecular flexibility index (Phi) is 5.53. The fourth-order valence-electron chi connectivity index (χ4n) is 4.88. The van der Waals surface area contributed by atoms with Crippen LogP contribution in [0.2, 0.25) is 5.02 Å². The van der Waals surface area contributed by atoms with Crippen molar-refractivity contribution < 1.29 is 23.5 Å². The summed E-state index contributed by atoms with van der Waals surface area (Å²) in [5.74, 6) is 2.16. The van der Waals surface area contributed by atoms with E-state index in [2.05, 4.69) is 13.1 Å². The third kappa shape index (κ3) is 4.18. The van der Waals surface area contributed by atoms with E-state index >= 15 is 0 Å². The van der Waals surface area contributed by atoms with Gasteiger partial charge < -0.3 is 14.2 Å². The molecule has 0 N–H and O–H groups in total. The van der Waals surface area contributed by atoms with Gasteiger partial charge in [0.25, 0.3) is 0 Å². The van der Waals surface area contributed by atoms with Crippen molar-refractivity contribution in [2.75, 3.05) is 26.9 Å². The van der Waals surface area contributed by atoms with E-state index in [9.17, 15) is 4.79 Å². The Morgan fingerprint density at radius 3 is 2.44 bits per heavy atom. The van der Waals surface area contributed by atoms with Crippen LogP contribution in [0.4, 0.5) is 4.79 Å². The number of halogens is 1. The number of nitrogens with zero attached hydrogens (tertiary/aromatic N) is 1. The maximum Gasteiger partial charge on any atom is 0.512 e. The van der Waals surface area contributed by atoms with Gasteiger partial charge in [-0.15, -0.1) is 0 Å². The third-order valence-electron chi connectivity index (χ3n) is 6.36. The largest absolute Gasteiger partial charge is 0.512 e. The lowest BCUT2D eigenvalue weighted by Crippen LogP contribution is -2.44. The molecule has 32 heavy (non-hydrogen) atoms. The molecule has 2 aliphatic heterocycles. The van der Waals surface area contributed by atoms with Crippen molar-refractivity contribution in [3.8, 4) is 11.5 Å². The molecule has 1 fully saturated rings. The summed E-state index contributed by atoms with van der Waals surface area (Å²) in [5.41, 5.74) is 3.21. The van der Waals surface area contributed by atoms with E-state index in [1.54, 1.807) is 0 Å². The molecule has 0 spiro atoms. The molecule has 164 valence electrons. The van der Waals surface area contributed by atoms with E-state index in [-0.39, 0.29) is 25.2 Å². The first-order valence-electron chi connectivity index (χ1n) is 10.7. The average Bonchev–Trinajstić information content (AvgIpc) is 3.10. The van der Waals surface area contributed by atoms with Gasteiger partial charge >= 0.3 is 6.16 Å². The Balaban J connectivity index is 1.33. The van der Waals surface area contributed by atoms with Crippen molar-refractivity contribution in [3.05, 3.63) is 94.5 Å². The fourth-order valence-corrected chi connectivity index (χ4v) is 5.06. The predicted octanol–water partition coefficient (Wildman–Crippen LogP) is 6.08. The van der Waals surface area contributed by atoms with E-state index in [1.165, 1.54) is 5.56 Å². The summed E-state index contributed by atoms with van der Waals surface area (Å²) >= 11 is 6.34. The lowest BCUT2D eigenvalue weighted by atomic mass is 9.84. The highest BCUT2D eigenvalue weighted by molar-refractivity contribution is 6.30. The number of hydrogen-bond donors (Lipinski definition) is 0. The number of carbonyl (C=O) groups excluding carboxylic acids is 1. The molecule has 6 heteroatoms. The van der Waals surface area contributed by atoms with Crippen LogP contribution in [0.1, 0.15) is 28.5 Å². The third-order valence-corrected chi connectivity index (χ3v) is 6.60. The van der Waals surface area contributed by atoms with Gasteiger partial charge in [0.2, 0.25) is 6.73 Å². The van der Waals surface area contributed by atoms with Crippen LogP contribution in [-0.2, 0) is 16.1 Å². The summed E-state index contributed by atoms with van der Waals surface area (Å²) in [6.07, 6.45) is -0.646. The number of fused-ring (bicyclic) bond motifs is 5. The van der Waals surface area contributed by atoms with Crippen LogP contribution in [0, 0.1) is 0 Å². The molecule has 0 aromatic heterocycles. The van der Waals surface area contributed by atoms with Crippen molar-refractivity contribution >= 4 is 17.8 Å². The van der Waals surface area contributed by atoms with Crippen LogP contribution in [0.5, 0.6) is 11.5 Å². The summed E-state index contributed by atoms with van der Waals surface area (Å²) in [7, 11) is 2.12. The van der Waals surface area contributed by atoms with Gasteiger partial charge in [0.15, 0.2) is 0 Å². The Labute approximate surface area is 192 Å². The van der Waals surface area contributed by atoms with Gasteiger partial charge in [0, 0.05) is 28.0 Å². The molecular formula is C26H25ClNO4+. The molecule has 3 unspecified atom stereocenters. The number of rotatable bonds is 4. The van der Waals surface area contributed by atoms with Crippen molar-refractivity contribution in [3.63, 3.8) is 0 Å². The van der Waals surface area contributed by atoms with Crippen LogP contribution < -0.4 is 4.74 Å². The van der Waals surface area contributed by atoms with Gasteiger partial charge in [0.05, 0.1) is 20.1 Å². The first-order valence-corrected chi connectivity index (χ1v) is 11.1. The normalized spacial score (nSPS) is 23.2. The van der Waals surface area contributed by atoms with Crippen molar-refractivity contribution in [2.24, 2.45) is 0 Å². The molecule has 0 amide bonds. The number of ether oxygens (including phenoxy) is 3. The quantitative estimate of drug-likeness (QED) is 0.356. The van der Waals surface area contributed by atoms with E-state index in [0.717, 1.165) is 35.7 Å². The Morgan fingerprint density at radius 2 is 1.62 bits per heavy atom. The van der Waals surface area contributed by atoms with E-state index in [0.29, 0.717) is 9.51 Å². The molecule has 0 saturated carbocycles. The zero-order valence-corrected chi connectivity index (χ0v) is 18.6.